The number of piperidine rings is 1. The Hall–Kier alpha value is -2.29. The van der Waals surface area contributed by atoms with Crippen LogP contribution in [0.4, 0.5) is 5.13 Å². The number of hydrogen-bond donors (Lipinski definition) is 1. The highest BCUT2D eigenvalue weighted by Gasteiger charge is 2.27. The number of benzene rings is 2. The second-order valence-corrected chi connectivity index (χ2v) is 9.37. The molecule has 0 bridgehead atoms. The fourth-order valence-electron chi connectivity index (χ4n) is 3.32. The Morgan fingerprint density at radius 3 is 2.46 bits per heavy atom. The first-order valence-corrected chi connectivity index (χ1v) is 11.6. The second-order valence-electron chi connectivity index (χ2n) is 6.72. The van der Waals surface area contributed by atoms with Crippen molar-refractivity contribution in [3.63, 3.8) is 0 Å². The van der Waals surface area contributed by atoms with Crippen molar-refractivity contribution < 1.29 is 8.42 Å². The molecule has 0 spiro atoms. The van der Waals surface area contributed by atoms with Crippen LogP contribution in [-0.2, 0) is 16.6 Å². The molecule has 8 heteroatoms. The average Bonchev–Trinajstić information content (AvgIpc) is 3.23. The molecule has 0 aliphatic carbocycles. The normalized spacial score (nSPS) is 15.4. The van der Waals surface area contributed by atoms with Gasteiger partial charge < -0.3 is 5.32 Å². The number of hydrogen-bond acceptors (Lipinski definition) is 6. The Balaban J connectivity index is 1.51. The molecule has 2 heterocycles. The van der Waals surface area contributed by atoms with E-state index in [1.54, 1.807) is 16.4 Å². The minimum absolute atomic E-state index is 0.372. The molecule has 0 atom stereocenters. The Labute approximate surface area is 169 Å². The Kier molecular flexibility index (Phi) is 5.70. The molecule has 0 amide bonds. The zero-order valence-electron chi connectivity index (χ0n) is 15.4. The lowest BCUT2D eigenvalue weighted by Gasteiger charge is -2.26. The van der Waals surface area contributed by atoms with Crippen LogP contribution >= 0.6 is 11.5 Å². The van der Waals surface area contributed by atoms with Crippen molar-refractivity contribution in [1.29, 1.82) is 0 Å². The van der Waals surface area contributed by atoms with Gasteiger partial charge in [0.15, 0.2) is 5.82 Å². The van der Waals surface area contributed by atoms with Crippen LogP contribution in [0.1, 0.15) is 24.8 Å². The van der Waals surface area contributed by atoms with Crippen LogP contribution < -0.4 is 5.32 Å². The maximum absolute atomic E-state index is 13.1. The number of nitrogens with zero attached hydrogens (tertiary/aromatic N) is 3. The van der Waals surface area contributed by atoms with E-state index in [1.165, 1.54) is 11.5 Å². The van der Waals surface area contributed by atoms with Crippen molar-refractivity contribution in [3.05, 3.63) is 60.2 Å². The SMILES string of the molecule is O=S(=O)(c1ccccc1CNc1nc(-c2ccccc2)ns1)N1CCCCC1. The van der Waals surface area contributed by atoms with Gasteiger partial charge in [-0.15, -0.1) is 0 Å². The van der Waals surface area contributed by atoms with Gasteiger partial charge in [0.05, 0.1) is 4.90 Å². The third kappa shape index (κ3) is 4.09. The first kappa shape index (κ1) is 19.0. The van der Waals surface area contributed by atoms with Crippen LogP contribution in [0.25, 0.3) is 11.4 Å². The summed E-state index contributed by atoms with van der Waals surface area (Å²) in [5, 5.41) is 3.90. The molecule has 0 saturated carbocycles. The Bertz CT molecular complexity index is 1030. The van der Waals surface area contributed by atoms with Gasteiger partial charge in [-0.25, -0.2) is 8.42 Å². The molecule has 1 fully saturated rings. The predicted octanol–water partition coefficient (Wildman–Crippen LogP) is 3.99. The molecular formula is C20H22N4O2S2. The van der Waals surface area contributed by atoms with Gasteiger partial charge in [0.25, 0.3) is 0 Å². The predicted molar refractivity (Wildman–Crippen MR) is 112 cm³/mol. The molecule has 4 rings (SSSR count). The molecule has 1 aliphatic rings. The van der Waals surface area contributed by atoms with Crippen molar-refractivity contribution in [3.8, 4) is 11.4 Å². The molecule has 1 aromatic heterocycles. The Morgan fingerprint density at radius 1 is 0.964 bits per heavy atom. The molecule has 28 heavy (non-hydrogen) atoms. The molecule has 1 saturated heterocycles. The van der Waals surface area contributed by atoms with Crippen LogP contribution in [0.15, 0.2) is 59.5 Å². The lowest BCUT2D eigenvalue weighted by atomic mass is 10.2. The largest absolute Gasteiger partial charge is 0.356 e. The van der Waals surface area contributed by atoms with Gasteiger partial charge in [0.1, 0.15) is 0 Å². The summed E-state index contributed by atoms with van der Waals surface area (Å²) in [5.41, 5.74) is 1.70. The van der Waals surface area contributed by atoms with Crippen LogP contribution in [-0.4, -0.2) is 35.2 Å². The lowest BCUT2D eigenvalue weighted by Crippen LogP contribution is -2.36. The van der Waals surface area contributed by atoms with E-state index in [-0.39, 0.29) is 0 Å². The minimum atomic E-state index is -3.47. The zero-order chi connectivity index (χ0) is 19.4. The molecule has 146 valence electrons. The average molecular weight is 415 g/mol. The molecular weight excluding hydrogens is 392 g/mol. The monoisotopic (exact) mass is 414 g/mol. The summed E-state index contributed by atoms with van der Waals surface area (Å²) >= 11 is 1.27. The molecule has 1 aliphatic heterocycles. The summed E-state index contributed by atoms with van der Waals surface area (Å²) in [4.78, 5) is 4.89. The summed E-state index contributed by atoms with van der Waals surface area (Å²) in [6, 6.07) is 17.0. The van der Waals surface area contributed by atoms with Gasteiger partial charge in [-0.3, -0.25) is 0 Å². The van der Waals surface area contributed by atoms with Gasteiger partial charge in [0.2, 0.25) is 15.2 Å². The van der Waals surface area contributed by atoms with E-state index in [0.717, 1.165) is 30.4 Å². The van der Waals surface area contributed by atoms with Crippen molar-refractivity contribution in [1.82, 2.24) is 13.7 Å². The van der Waals surface area contributed by atoms with Crippen LogP contribution in [0, 0.1) is 0 Å². The number of rotatable bonds is 6. The van der Waals surface area contributed by atoms with Crippen LogP contribution in [0.3, 0.4) is 0 Å². The molecule has 1 N–H and O–H groups in total. The van der Waals surface area contributed by atoms with E-state index in [4.69, 9.17) is 0 Å². The topological polar surface area (TPSA) is 75.2 Å². The quantitative estimate of drug-likeness (QED) is 0.660. The van der Waals surface area contributed by atoms with Gasteiger partial charge in [-0.05, 0) is 24.5 Å². The number of sulfonamides is 1. The fourth-order valence-corrected chi connectivity index (χ4v) is 5.64. The highest BCUT2D eigenvalue weighted by Crippen LogP contribution is 2.25. The van der Waals surface area contributed by atoms with Gasteiger partial charge in [0, 0.05) is 36.7 Å². The fraction of sp³-hybridized carbons (Fsp3) is 0.300. The first-order chi connectivity index (χ1) is 13.6. The highest BCUT2D eigenvalue weighted by molar-refractivity contribution is 7.89. The lowest BCUT2D eigenvalue weighted by molar-refractivity contribution is 0.346. The number of nitrogens with one attached hydrogen (secondary N) is 1. The molecule has 2 aromatic carbocycles. The summed E-state index contributed by atoms with van der Waals surface area (Å²) in [5.74, 6) is 0.669. The summed E-state index contributed by atoms with van der Waals surface area (Å²) in [6.07, 6.45) is 2.94. The third-order valence-electron chi connectivity index (χ3n) is 4.79. The van der Waals surface area contributed by atoms with Crippen molar-refractivity contribution in [2.75, 3.05) is 18.4 Å². The molecule has 3 aromatic rings. The summed E-state index contributed by atoms with van der Waals surface area (Å²) in [6.45, 7) is 1.58. The van der Waals surface area contributed by atoms with E-state index < -0.39 is 10.0 Å². The smallest absolute Gasteiger partial charge is 0.243 e. The van der Waals surface area contributed by atoms with Crippen LogP contribution in [0.2, 0.25) is 0 Å². The van der Waals surface area contributed by atoms with Crippen molar-refractivity contribution >= 4 is 26.7 Å². The van der Waals surface area contributed by atoms with E-state index in [0.29, 0.717) is 35.5 Å². The maximum atomic E-state index is 13.1. The van der Waals surface area contributed by atoms with Crippen molar-refractivity contribution in [2.24, 2.45) is 0 Å². The van der Waals surface area contributed by atoms with E-state index in [2.05, 4.69) is 14.7 Å². The van der Waals surface area contributed by atoms with E-state index in [9.17, 15) is 8.42 Å². The summed E-state index contributed by atoms with van der Waals surface area (Å²) < 4.78 is 32.2. The van der Waals surface area contributed by atoms with Crippen LogP contribution in [0.5, 0.6) is 0 Å². The van der Waals surface area contributed by atoms with E-state index in [1.807, 2.05) is 42.5 Å². The summed E-state index contributed by atoms with van der Waals surface area (Å²) in [7, 11) is -3.47. The standard InChI is InChI=1S/C20H22N4O2S2/c25-28(26,24-13-7-2-8-14-24)18-12-6-5-11-17(18)15-21-20-22-19(23-27-20)16-9-3-1-4-10-16/h1,3-6,9-12H,2,7-8,13-15H2,(H,21,22,23). The third-order valence-corrected chi connectivity index (χ3v) is 7.47. The molecule has 0 radical (unpaired) electrons. The first-order valence-electron chi connectivity index (χ1n) is 9.36. The Morgan fingerprint density at radius 2 is 1.68 bits per heavy atom. The number of aromatic nitrogens is 2. The maximum Gasteiger partial charge on any atom is 0.243 e. The minimum Gasteiger partial charge on any atom is -0.356 e. The molecule has 0 unspecified atom stereocenters. The van der Waals surface area contributed by atoms with Crippen molar-refractivity contribution in [2.45, 2.75) is 30.7 Å². The number of anilines is 1. The molecule has 6 nitrogen and oxygen atoms in total. The highest BCUT2D eigenvalue weighted by atomic mass is 32.2. The zero-order valence-corrected chi connectivity index (χ0v) is 17.0. The second kappa shape index (κ2) is 8.38. The van der Waals surface area contributed by atoms with Gasteiger partial charge in [-0.1, -0.05) is 55.0 Å². The van der Waals surface area contributed by atoms with Gasteiger partial charge in [-0.2, -0.15) is 13.7 Å². The van der Waals surface area contributed by atoms with Gasteiger partial charge >= 0.3 is 0 Å². The van der Waals surface area contributed by atoms with E-state index >= 15 is 0 Å².